The molecule has 0 spiro atoms. The summed E-state index contributed by atoms with van der Waals surface area (Å²) >= 11 is 0. The molecule has 2 aromatic heterocycles. The van der Waals surface area contributed by atoms with Crippen LogP contribution in [0.25, 0.3) is 10.9 Å². The molecule has 6 rings (SSSR count). The number of para-hydroxylation sites is 1. The second-order valence-corrected chi connectivity index (χ2v) is 16.9. The summed E-state index contributed by atoms with van der Waals surface area (Å²) in [5.74, 6) is -8.52. The maximum Gasteiger partial charge on any atom is 0.322 e. The third-order valence-electron chi connectivity index (χ3n) is 11.7. The van der Waals surface area contributed by atoms with Crippen LogP contribution in [0.15, 0.2) is 97.6 Å². The number of phenols is 1. The summed E-state index contributed by atoms with van der Waals surface area (Å²) in [5, 5.41) is 44.4. The number of likely N-dealkylation sites (tertiary alicyclic amines) is 1. The lowest BCUT2D eigenvalue weighted by molar-refractivity contribution is -0.143. The molecule has 1 aliphatic heterocycles. The molecular weight excluding hydrogens is 923 g/mol. The molecule has 0 unspecified atom stereocenters. The molecule has 1 aliphatic rings. The van der Waals surface area contributed by atoms with Gasteiger partial charge in [0.25, 0.3) is 0 Å². The van der Waals surface area contributed by atoms with E-state index in [0.29, 0.717) is 23.2 Å². The molecule has 1 fully saturated rings. The topological polar surface area (TPSA) is 360 Å². The monoisotopic (exact) mass is 977 g/mol. The highest BCUT2D eigenvalue weighted by molar-refractivity contribution is 5.98. The second kappa shape index (κ2) is 24.6. The summed E-state index contributed by atoms with van der Waals surface area (Å²) in [6.45, 7) is -1.34. The summed E-state index contributed by atoms with van der Waals surface area (Å²) in [5.41, 5.74) is 9.36. The van der Waals surface area contributed by atoms with Crippen LogP contribution in [0.1, 0.15) is 41.6 Å². The number of phenolic OH excluding ortho intramolecular Hbond substituents is 1. The van der Waals surface area contributed by atoms with Gasteiger partial charge in [0, 0.05) is 54.8 Å². The molecule has 0 aliphatic carbocycles. The van der Waals surface area contributed by atoms with Gasteiger partial charge in [-0.2, -0.15) is 0 Å². The first kappa shape index (κ1) is 51.8. The Kier molecular flexibility index (Phi) is 18.0. The number of aromatic hydroxyl groups is 1. The van der Waals surface area contributed by atoms with E-state index in [1.165, 1.54) is 41.7 Å². The molecule has 23 nitrogen and oxygen atoms in total. The van der Waals surface area contributed by atoms with Crippen molar-refractivity contribution >= 4 is 64.2 Å². The van der Waals surface area contributed by atoms with Crippen molar-refractivity contribution < 1.29 is 58.5 Å². The van der Waals surface area contributed by atoms with Crippen LogP contribution in [-0.4, -0.2) is 144 Å². The van der Waals surface area contributed by atoms with Gasteiger partial charge in [-0.3, -0.25) is 43.2 Å². The summed E-state index contributed by atoms with van der Waals surface area (Å²) < 4.78 is 0. The van der Waals surface area contributed by atoms with Gasteiger partial charge in [-0.15, -0.1) is 0 Å². The Morgan fingerprint density at radius 3 is 2.01 bits per heavy atom. The summed E-state index contributed by atoms with van der Waals surface area (Å²) in [6, 6.07) is 13.7. The first-order valence-electron chi connectivity index (χ1n) is 22.6. The average Bonchev–Trinajstić information content (AvgIpc) is 4.15. The number of fused-ring (bicyclic) bond motifs is 1. The Morgan fingerprint density at radius 1 is 0.676 bits per heavy atom. The van der Waals surface area contributed by atoms with E-state index in [0.717, 1.165) is 16.5 Å². The smallest absolute Gasteiger partial charge is 0.322 e. The fraction of sp³-hybridized carbons (Fsp3) is 0.333. The van der Waals surface area contributed by atoms with E-state index >= 15 is 0 Å². The number of nitrogens with two attached hydrogens (primary N) is 1. The number of H-pyrrole nitrogens is 2. The first-order chi connectivity index (χ1) is 34.0. The average molecular weight is 978 g/mol. The molecule has 1 saturated heterocycles. The number of imidazole rings is 1. The van der Waals surface area contributed by atoms with Crippen LogP contribution in [0.2, 0.25) is 0 Å². The number of aliphatic carboxylic acids is 2. The van der Waals surface area contributed by atoms with Crippen LogP contribution in [0, 0.1) is 0 Å². The molecule has 5 aromatic rings. The standard InChI is InChI=1S/C48H55N11O12/c49-33(19-29-22-51-34-10-5-4-9-32(29)34)43(66)56-37(21-41(62)63)46(69)58-38(18-27-7-2-1-3-8-27)48(71)59-16-6-11-39(59)47(70)57-35(17-28-12-14-31(60)15-13-28)44(67)52-24-40(61)55-36(20-30-23-50-26-54-30)45(68)53-25-42(64)65/h1-5,7-10,12-15,22-23,26,33,35-39,51,60H,6,11,16-21,24-25,49H2,(H,50,54)(H,52,67)(H,53,68)(H,55,61)(H,56,66)(H,57,70)(H,58,69)(H,62,63)(H,64,65)/t33-,35-,36-,37-,38-,39+/m1/s1. The quantitative estimate of drug-likeness (QED) is 0.0350. The minimum atomic E-state index is -1.66. The first-order valence-corrected chi connectivity index (χ1v) is 22.6. The van der Waals surface area contributed by atoms with Crippen LogP contribution in [-0.2, 0) is 68.8 Å². The van der Waals surface area contributed by atoms with Crippen LogP contribution in [0.4, 0.5) is 0 Å². The highest BCUT2D eigenvalue weighted by atomic mass is 16.4. The van der Waals surface area contributed by atoms with Crippen molar-refractivity contribution in [3.8, 4) is 5.75 Å². The lowest BCUT2D eigenvalue weighted by atomic mass is 10.0. The maximum atomic E-state index is 14.6. The number of carbonyl (C=O) groups excluding carboxylic acids is 7. The minimum Gasteiger partial charge on any atom is -0.508 e. The zero-order chi connectivity index (χ0) is 51.0. The number of hydrogen-bond donors (Lipinski definition) is 12. The predicted molar refractivity (Wildman–Crippen MR) is 253 cm³/mol. The zero-order valence-corrected chi connectivity index (χ0v) is 38.3. The number of nitrogens with one attached hydrogen (secondary N) is 8. The van der Waals surface area contributed by atoms with Crippen LogP contribution in [0.3, 0.4) is 0 Å². The molecule has 6 atom stereocenters. The predicted octanol–water partition coefficient (Wildman–Crippen LogP) is -1.08. The molecule has 0 radical (unpaired) electrons. The Hall–Kier alpha value is -8.60. The summed E-state index contributed by atoms with van der Waals surface area (Å²) in [6.07, 6.45) is 3.83. The van der Waals surface area contributed by atoms with E-state index in [4.69, 9.17) is 10.8 Å². The van der Waals surface area contributed by atoms with Crippen LogP contribution < -0.4 is 37.6 Å². The van der Waals surface area contributed by atoms with Gasteiger partial charge in [0.15, 0.2) is 0 Å². The van der Waals surface area contributed by atoms with E-state index in [1.54, 1.807) is 36.5 Å². The van der Waals surface area contributed by atoms with Gasteiger partial charge in [-0.05, 0) is 54.2 Å². The summed E-state index contributed by atoms with van der Waals surface area (Å²) in [7, 11) is 0. The molecule has 71 heavy (non-hydrogen) atoms. The van der Waals surface area contributed by atoms with E-state index in [2.05, 4.69) is 46.9 Å². The lowest BCUT2D eigenvalue weighted by Crippen LogP contribution is -2.59. The molecule has 7 amide bonds. The highest BCUT2D eigenvalue weighted by Crippen LogP contribution is 2.22. The third kappa shape index (κ3) is 14.9. The number of aromatic nitrogens is 3. The van der Waals surface area contributed by atoms with E-state index < -0.39 is 109 Å². The Bertz CT molecular complexity index is 2700. The number of hydrogen-bond acceptors (Lipinski definition) is 12. The zero-order valence-electron chi connectivity index (χ0n) is 38.3. The molecule has 23 heteroatoms. The number of amides is 7. The lowest BCUT2D eigenvalue weighted by Gasteiger charge is -2.31. The minimum absolute atomic E-state index is 0.0585. The number of carboxylic acid groups (broad SMARTS) is 2. The van der Waals surface area contributed by atoms with Crippen molar-refractivity contribution in [3.63, 3.8) is 0 Å². The molecule has 0 bridgehead atoms. The highest BCUT2D eigenvalue weighted by Gasteiger charge is 2.40. The van der Waals surface area contributed by atoms with Crippen molar-refractivity contribution in [1.29, 1.82) is 0 Å². The van der Waals surface area contributed by atoms with Gasteiger partial charge in [-0.25, -0.2) is 4.98 Å². The molecule has 3 heterocycles. The Labute approximate surface area is 405 Å². The van der Waals surface area contributed by atoms with E-state index in [9.17, 15) is 53.4 Å². The van der Waals surface area contributed by atoms with Gasteiger partial charge < -0.3 is 67.8 Å². The van der Waals surface area contributed by atoms with Gasteiger partial charge in [0.1, 0.15) is 42.5 Å². The fourth-order valence-corrected chi connectivity index (χ4v) is 8.11. The number of benzene rings is 3. The van der Waals surface area contributed by atoms with Crippen LogP contribution >= 0.6 is 0 Å². The van der Waals surface area contributed by atoms with Crippen LogP contribution in [0.5, 0.6) is 5.75 Å². The van der Waals surface area contributed by atoms with Crippen molar-refractivity contribution in [2.45, 2.75) is 81.2 Å². The normalized spacial score (nSPS) is 15.3. The SMILES string of the molecule is N[C@H](Cc1c[nH]c2ccccc12)C(=O)N[C@H](CC(=O)O)C(=O)N[C@H](Cc1ccccc1)C(=O)N1CCC[C@H]1C(=O)N[C@H](Cc1ccc(O)cc1)C(=O)NCC(=O)N[C@H](Cc1cnc[nH]1)C(=O)NCC(=O)O. The summed E-state index contributed by atoms with van der Waals surface area (Å²) in [4.78, 5) is 130. The van der Waals surface area contributed by atoms with Crippen molar-refractivity contribution in [2.24, 2.45) is 5.73 Å². The Balaban J connectivity index is 1.15. The largest absolute Gasteiger partial charge is 0.508 e. The Morgan fingerprint density at radius 2 is 1.32 bits per heavy atom. The number of carbonyl (C=O) groups is 9. The third-order valence-corrected chi connectivity index (χ3v) is 11.7. The number of aromatic amines is 2. The molecule has 13 N–H and O–H groups in total. The number of rotatable bonds is 24. The second-order valence-electron chi connectivity index (χ2n) is 16.9. The van der Waals surface area contributed by atoms with Crippen molar-refractivity contribution in [2.75, 3.05) is 19.6 Å². The van der Waals surface area contributed by atoms with Gasteiger partial charge >= 0.3 is 11.9 Å². The molecule has 0 saturated carbocycles. The van der Waals surface area contributed by atoms with Crippen molar-refractivity contribution in [1.82, 2.24) is 51.8 Å². The number of carboxylic acids is 2. The van der Waals surface area contributed by atoms with E-state index in [1.807, 2.05) is 24.3 Å². The fourth-order valence-electron chi connectivity index (χ4n) is 8.11. The molecule has 3 aromatic carbocycles. The van der Waals surface area contributed by atoms with Gasteiger partial charge in [0.2, 0.25) is 41.4 Å². The maximum absolute atomic E-state index is 14.6. The van der Waals surface area contributed by atoms with Crippen molar-refractivity contribution in [3.05, 3.63) is 120 Å². The number of nitrogens with zero attached hydrogens (tertiary/aromatic N) is 2. The molecule has 374 valence electrons. The van der Waals surface area contributed by atoms with E-state index in [-0.39, 0.29) is 44.4 Å². The molecular formula is C48H55N11O12. The van der Waals surface area contributed by atoms with Gasteiger partial charge in [0.05, 0.1) is 25.3 Å². The van der Waals surface area contributed by atoms with Gasteiger partial charge in [-0.1, -0.05) is 60.7 Å².